The number of aromatic nitrogens is 2. The third-order valence-corrected chi connectivity index (χ3v) is 4.97. The number of piperidine rings is 1. The summed E-state index contributed by atoms with van der Waals surface area (Å²) in [6.45, 7) is 2.84. The van der Waals surface area contributed by atoms with Crippen molar-refractivity contribution in [3.8, 4) is 11.3 Å². The monoisotopic (exact) mass is 318 g/mol. The van der Waals surface area contributed by atoms with Gasteiger partial charge in [-0.05, 0) is 42.1 Å². The van der Waals surface area contributed by atoms with Crippen molar-refractivity contribution in [1.82, 2.24) is 9.97 Å². The van der Waals surface area contributed by atoms with E-state index in [1.54, 1.807) is 6.33 Å². The number of hydrogen-bond acceptors (Lipinski definition) is 4. The van der Waals surface area contributed by atoms with Gasteiger partial charge in [0.15, 0.2) is 0 Å². The van der Waals surface area contributed by atoms with Crippen LogP contribution in [0.1, 0.15) is 12.8 Å². The minimum atomic E-state index is 0.656. The predicted octanol–water partition coefficient (Wildman–Crippen LogP) is 3.47. The SMILES string of the molecule is NCC1CCN(c2cc(-c3ccc4ccccc4c3)ncn2)CC1. The number of rotatable bonds is 3. The Bertz CT molecular complexity index is 838. The molecule has 0 unspecified atom stereocenters. The van der Waals surface area contributed by atoms with E-state index in [-0.39, 0.29) is 0 Å². The zero-order chi connectivity index (χ0) is 16.4. The molecule has 4 rings (SSSR count). The second-order valence-corrected chi connectivity index (χ2v) is 6.49. The van der Waals surface area contributed by atoms with Crippen molar-refractivity contribution in [2.45, 2.75) is 12.8 Å². The summed E-state index contributed by atoms with van der Waals surface area (Å²) in [6, 6.07) is 17.0. The molecule has 1 saturated heterocycles. The van der Waals surface area contributed by atoms with Gasteiger partial charge in [-0.25, -0.2) is 9.97 Å². The van der Waals surface area contributed by atoms with Crippen molar-refractivity contribution in [1.29, 1.82) is 0 Å². The fourth-order valence-electron chi connectivity index (χ4n) is 3.42. The van der Waals surface area contributed by atoms with E-state index in [4.69, 9.17) is 5.73 Å². The number of anilines is 1. The van der Waals surface area contributed by atoms with Crippen LogP contribution in [-0.2, 0) is 0 Å². The van der Waals surface area contributed by atoms with Gasteiger partial charge in [-0.15, -0.1) is 0 Å². The van der Waals surface area contributed by atoms with Crippen molar-refractivity contribution in [3.63, 3.8) is 0 Å². The van der Waals surface area contributed by atoms with E-state index >= 15 is 0 Å². The van der Waals surface area contributed by atoms with Gasteiger partial charge in [0.1, 0.15) is 12.1 Å². The van der Waals surface area contributed by atoms with E-state index in [0.29, 0.717) is 5.92 Å². The van der Waals surface area contributed by atoms with Crippen LogP contribution in [0.2, 0.25) is 0 Å². The standard InChI is InChI=1S/C20H22N4/c21-13-15-7-9-24(10-8-15)20-12-19(22-14-23-20)18-6-5-16-3-1-2-4-17(16)11-18/h1-6,11-12,14-15H,7-10,13,21H2. The molecule has 0 bridgehead atoms. The molecule has 3 aromatic rings. The molecule has 2 heterocycles. The van der Waals surface area contributed by atoms with Crippen molar-refractivity contribution < 1.29 is 0 Å². The largest absolute Gasteiger partial charge is 0.356 e. The van der Waals surface area contributed by atoms with Crippen LogP contribution in [0.15, 0.2) is 54.9 Å². The van der Waals surface area contributed by atoms with E-state index in [0.717, 1.165) is 49.6 Å². The summed E-state index contributed by atoms with van der Waals surface area (Å²) in [5.74, 6) is 1.67. The van der Waals surface area contributed by atoms with Crippen LogP contribution in [0.3, 0.4) is 0 Å². The Morgan fingerprint density at radius 1 is 0.958 bits per heavy atom. The maximum atomic E-state index is 5.79. The quantitative estimate of drug-likeness (QED) is 0.803. The van der Waals surface area contributed by atoms with E-state index < -0.39 is 0 Å². The predicted molar refractivity (Wildman–Crippen MR) is 99.0 cm³/mol. The first-order chi connectivity index (χ1) is 11.8. The van der Waals surface area contributed by atoms with Gasteiger partial charge >= 0.3 is 0 Å². The molecule has 122 valence electrons. The second-order valence-electron chi connectivity index (χ2n) is 6.49. The van der Waals surface area contributed by atoms with Crippen LogP contribution in [0.4, 0.5) is 5.82 Å². The summed E-state index contributed by atoms with van der Waals surface area (Å²) >= 11 is 0. The fraction of sp³-hybridized carbons (Fsp3) is 0.300. The summed E-state index contributed by atoms with van der Waals surface area (Å²) < 4.78 is 0. The zero-order valence-electron chi connectivity index (χ0n) is 13.7. The van der Waals surface area contributed by atoms with Crippen LogP contribution in [-0.4, -0.2) is 29.6 Å². The minimum absolute atomic E-state index is 0.656. The van der Waals surface area contributed by atoms with Crippen LogP contribution in [0.5, 0.6) is 0 Å². The molecule has 4 heteroatoms. The van der Waals surface area contributed by atoms with Gasteiger partial charge in [-0.3, -0.25) is 0 Å². The van der Waals surface area contributed by atoms with Crippen LogP contribution in [0, 0.1) is 5.92 Å². The molecule has 0 spiro atoms. The Hall–Kier alpha value is -2.46. The number of hydrogen-bond donors (Lipinski definition) is 1. The van der Waals surface area contributed by atoms with E-state index in [2.05, 4.69) is 63.4 Å². The Morgan fingerprint density at radius 2 is 1.75 bits per heavy atom. The average molecular weight is 318 g/mol. The van der Waals surface area contributed by atoms with Gasteiger partial charge in [-0.2, -0.15) is 0 Å². The highest BCUT2D eigenvalue weighted by atomic mass is 15.2. The van der Waals surface area contributed by atoms with Crippen molar-refractivity contribution in [2.24, 2.45) is 11.7 Å². The van der Waals surface area contributed by atoms with Gasteiger partial charge in [0.05, 0.1) is 5.69 Å². The van der Waals surface area contributed by atoms with Crippen molar-refractivity contribution >= 4 is 16.6 Å². The molecule has 0 atom stereocenters. The molecular weight excluding hydrogens is 296 g/mol. The summed E-state index contributed by atoms with van der Waals surface area (Å²) in [5, 5.41) is 2.48. The normalized spacial score (nSPS) is 15.8. The molecule has 0 aliphatic carbocycles. The summed E-state index contributed by atoms with van der Waals surface area (Å²) in [6.07, 6.45) is 3.96. The van der Waals surface area contributed by atoms with Gasteiger partial charge < -0.3 is 10.6 Å². The highest BCUT2D eigenvalue weighted by Gasteiger charge is 2.19. The Kier molecular flexibility index (Phi) is 4.13. The van der Waals surface area contributed by atoms with Gasteiger partial charge in [0.2, 0.25) is 0 Å². The first-order valence-corrected chi connectivity index (χ1v) is 8.60. The maximum absolute atomic E-state index is 5.79. The van der Waals surface area contributed by atoms with Gasteiger partial charge in [0, 0.05) is 24.7 Å². The lowest BCUT2D eigenvalue weighted by molar-refractivity contribution is 0.413. The van der Waals surface area contributed by atoms with E-state index in [1.807, 2.05) is 0 Å². The van der Waals surface area contributed by atoms with Crippen molar-refractivity contribution in [3.05, 3.63) is 54.9 Å². The molecular formula is C20H22N4. The molecule has 4 nitrogen and oxygen atoms in total. The second kappa shape index (κ2) is 6.57. The first-order valence-electron chi connectivity index (χ1n) is 8.60. The lowest BCUT2D eigenvalue weighted by Gasteiger charge is -2.32. The third kappa shape index (κ3) is 2.97. The molecule has 2 N–H and O–H groups in total. The summed E-state index contributed by atoms with van der Waals surface area (Å²) in [4.78, 5) is 11.3. The molecule has 1 aliphatic heterocycles. The first kappa shape index (κ1) is 15.1. The molecule has 0 amide bonds. The molecule has 24 heavy (non-hydrogen) atoms. The van der Waals surface area contributed by atoms with Gasteiger partial charge in [-0.1, -0.05) is 36.4 Å². The topological polar surface area (TPSA) is 55.0 Å². The third-order valence-electron chi connectivity index (χ3n) is 4.97. The van der Waals surface area contributed by atoms with Crippen LogP contribution >= 0.6 is 0 Å². The Balaban J connectivity index is 1.62. The lowest BCUT2D eigenvalue weighted by atomic mass is 9.97. The maximum Gasteiger partial charge on any atom is 0.132 e. The molecule has 0 saturated carbocycles. The number of nitrogens with zero attached hydrogens (tertiary/aromatic N) is 3. The van der Waals surface area contributed by atoms with Crippen LogP contribution in [0.25, 0.3) is 22.0 Å². The van der Waals surface area contributed by atoms with E-state index in [9.17, 15) is 0 Å². The molecule has 1 fully saturated rings. The van der Waals surface area contributed by atoms with Crippen molar-refractivity contribution in [2.75, 3.05) is 24.5 Å². The van der Waals surface area contributed by atoms with E-state index in [1.165, 1.54) is 10.8 Å². The van der Waals surface area contributed by atoms with Gasteiger partial charge in [0.25, 0.3) is 0 Å². The Morgan fingerprint density at radius 3 is 2.54 bits per heavy atom. The average Bonchev–Trinajstić information content (AvgIpc) is 2.68. The zero-order valence-corrected chi connectivity index (χ0v) is 13.7. The summed E-state index contributed by atoms with van der Waals surface area (Å²) in [5.41, 5.74) is 7.90. The molecule has 0 radical (unpaired) electrons. The highest BCUT2D eigenvalue weighted by Crippen LogP contribution is 2.26. The highest BCUT2D eigenvalue weighted by molar-refractivity contribution is 5.86. The Labute approximate surface area is 142 Å². The minimum Gasteiger partial charge on any atom is -0.356 e. The van der Waals surface area contributed by atoms with Crippen LogP contribution < -0.4 is 10.6 Å². The molecule has 1 aromatic heterocycles. The fourth-order valence-corrected chi connectivity index (χ4v) is 3.42. The summed E-state index contributed by atoms with van der Waals surface area (Å²) in [7, 11) is 0. The number of fused-ring (bicyclic) bond motifs is 1. The lowest BCUT2D eigenvalue weighted by Crippen LogP contribution is -2.36. The number of nitrogens with two attached hydrogens (primary N) is 1. The molecule has 1 aliphatic rings. The smallest absolute Gasteiger partial charge is 0.132 e. The molecule has 2 aromatic carbocycles. The number of benzene rings is 2.